The van der Waals surface area contributed by atoms with Gasteiger partial charge in [0.05, 0.1) is 0 Å². The minimum absolute atomic E-state index is 0.116. The molecular formula is C24H44O3Si. The van der Waals surface area contributed by atoms with Crippen molar-refractivity contribution in [2.24, 2.45) is 0 Å². The van der Waals surface area contributed by atoms with Crippen LogP contribution in [-0.4, -0.2) is 31.7 Å². The van der Waals surface area contributed by atoms with Gasteiger partial charge in [-0.2, -0.15) is 0 Å². The van der Waals surface area contributed by atoms with Crippen LogP contribution >= 0.6 is 0 Å². The molecule has 0 bridgehead atoms. The zero-order valence-electron chi connectivity index (χ0n) is 18.6. The van der Waals surface area contributed by atoms with Crippen LogP contribution in [0.2, 0.25) is 12.6 Å². The predicted molar refractivity (Wildman–Crippen MR) is 124 cm³/mol. The summed E-state index contributed by atoms with van der Waals surface area (Å²) in [5, 5.41) is 0.116. The summed E-state index contributed by atoms with van der Waals surface area (Å²) in [6, 6.07) is 0.628. The van der Waals surface area contributed by atoms with E-state index in [0.717, 1.165) is 44.9 Å². The monoisotopic (exact) mass is 408 g/mol. The molecule has 1 unspecified atom stereocenters. The number of hydrogen-bond donors (Lipinski definition) is 1. The fraction of sp³-hybridized carbons (Fsp3) is 0.708. The van der Waals surface area contributed by atoms with Crippen molar-refractivity contribution in [3.05, 3.63) is 36.5 Å². The van der Waals surface area contributed by atoms with Gasteiger partial charge in [-0.1, -0.05) is 62.6 Å². The second-order valence-corrected chi connectivity index (χ2v) is 11.2. The van der Waals surface area contributed by atoms with Crippen molar-refractivity contribution in [2.75, 3.05) is 13.2 Å². The van der Waals surface area contributed by atoms with Crippen LogP contribution in [-0.2, 0) is 9.53 Å². The molecule has 1 N–H and O–H groups in total. The zero-order valence-corrected chi connectivity index (χ0v) is 19.6. The molecule has 0 fully saturated rings. The molecule has 1 atom stereocenters. The van der Waals surface area contributed by atoms with Gasteiger partial charge in [-0.25, -0.2) is 0 Å². The van der Waals surface area contributed by atoms with Crippen LogP contribution < -0.4 is 0 Å². The van der Waals surface area contributed by atoms with Gasteiger partial charge in [0.2, 0.25) is 0 Å². The molecule has 162 valence electrons. The summed E-state index contributed by atoms with van der Waals surface area (Å²) in [7, 11) is -2.70. The standard InChI is InChI=1S/C24H44O3Si/c1-4-6-7-8-9-10-11-12-13-14-15-16-17-18-19-21-24(25)28(3,26)23-20-22-27-5-2/h6-7,9-10,12-13,26H,4-5,8,11,14-23H2,1-3H3/b7-6-,10-9-,13-12-. The van der Waals surface area contributed by atoms with Gasteiger partial charge in [-0.15, -0.1) is 0 Å². The van der Waals surface area contributed by atoms with Gasteiger partial charge >= 0.3 is 0 Å². The van der Waals surface area contributed by atoms with E-state index in [1.807, 2.05) is 6.92 Å². The van der Waals surface area contributed by atoms with Gasteiger partial charge in [0.1, 0.15) is 5.41 Å². The average Bonchev–Trinajstić information content (AvgIpc) is 2.68. The van der Waals surface area contributed by atoms with E-state index in [-0.39, 0.29) is 5.41 Å². The first-order valence-corrected chi connectivity index (χ1v) is 14.0. The molecule has 0 radical (unpaired) electrons. The van der Waals surface area contributed by atoms with Gasteiger partial charge < -0.3 is 14.3 Å². The maximum atomic E-state index is 12.2. The normalized spacial score (nSPS) is 14.4. The minimum Gasteiger partial charge on any atom is -0.425 e. The maximum absolute atomic E-state index is 12.2. The quantitative estimate of drug-likeness (QED) is 0.147. The summed E-state index contributed by atoms with van der Waals surface area (Å²) in [4.78, 5) is 22.6. The third-order valence-corrected chi connectivity index (χ3v) is 7.59. The van der Waals surface area contributed by atoms with Crippen LogP contribution in [0.5, 0.6) is 0 Å². The molecule has 0 aliphatic heterocycles. The molecule has 0 aromatic carbocycles. The molecule has 0 amide bonds. The Morgan fingerprint density at radius 2 is 1.46 bits per heavy atom. The molecule has 0 aromatic heterocycles. The van der Waals surface area contributed by atoms with E-state index in [2.05, 4.69) is 43.4 Å². The lowest BCUT2D eigenvalue weighted by atomic mass is 10.1. The molecule has 4 heteroatoms. The number of rotatable bonds is 19. The highest BCUT2D eigenvalue weighted by atomic mass is 28.4. The Labute approximate surface area is 175 Å². The van der Waals surface area contributed by atoms with Crippen LogP contribution in [0.3, 0.4) is 0 Å². The van der Waals surface area contributed by atoms with Crippen molar-refractivity contribution in [3.63, 3.8) is 0 Å². The smallest absolute Gasteiger partial charge is 0.258 e. The Morgan fingerprint density at radius 3 is 2.14 bits per heavy atom. The first kappa shape index (κ1) is 27.0. The third-order valence-electron chi connectivity index (χ3n) is 4.81. The van der Waals surface area contributed by atoms with E-state index in [1.165, 1.54) is 19.3 Å². The predicted octanol–water partition coefficient (Wildman–Crippen LogP) is 6.68. The van der Waals surface area contributed by atoms with Gasteiger partial charge in [0.25, 0.3) is 8.32 Å². The van der Waals surface area contributed by atoms with Crippen LogP contribution in [0.25, 0.3) is 0 Å². The van der Waals surface area contributed by atoms with Gasteiger partial charge in [0, 0.05) is 19.6 Å². The van der Waals surface area contributed by atoms with Crippen molar-refractivity contribution in [1.82, 2.24) is 0 Å². The summed E-state index contributed by atoms with van der Waals surface area (Å²) in [5.74, 6) is 0. The molecule has 0 rings (SSSR count). The lowest BCUT2D eigenvalue weighted by Crippen LogP contribution is -2.41. The summed E-state index contributed by atoms with van der Waals surface area (Å²) in [5.41, 5.74) is 0. The van der Waals surface area contributed by atoms with Crippen molar-refractivity contribution >= 4 is 13.7 Å². The number of carbonyl (C=O) groups is 1. The first-order chi connectivity index (χ1) is 13.5. The van der Waals surface area contributed by atoms with Crippen molar-refractivity contribution in [3.8, 4) is 0 Å². The summed E-state index contributed by atoms with van der Waals surface area (Å²) in [6.45, 7) is 7.24. The molecule has 0 spiro atoms. The van der Waals surface area contributed by atoms with Crippen LogP contribution in [0.15, 0.2) is 36.5 Å². The summed E-state index contributed by atoms with van der Waals surface area (Å²) >= 11 is 0. The minimum atomic E-state index is -2.70. The average molecular weight is 409 g/mol. The molecule has 3 nitrogen and oxygen atoms in total. The molecule has 0 saturated carbocycles. The number of allylic oxidation sites excluding steroid dienone is 6. The second-order valence-electron chi connectivity index (χ2n) is 7.60. The number of carbonyl (C=O) groups excluding carboxylic acids is 1. The van der Waals surface area contributed by atoms with Crippen LogP contribution in [0, 0.1) is 0 Å². The van der Waals surface area contributed by atoms with Crippen molar-refractivity contribution in [1.29, 1.82) is 0 Å². The van der Waals surface area contributed by atoms with E-state index in [1.54, 1.807) is 6.55 Å². The zero-order chi connectivity index (χ0) is 20.9. The number of hydrogen-bond acceptors (Lipinski definition) is 3. The molecule has 0 aliphatic rings. The Hall–Kier alpha value is -0.973. The highest BCUT2D eigenvalue weighted by Gasteiger charge is 2.32. The summed E-state index contributed by atoms with van der Waals surface area (Å²) in [6.07, 6.45) is 24.7. The highest BCUT2D eigenvalue weighted by molar-refractivity contribution is 6.99. The Balaban J connectivity index is 3.56. The Kier molecular flexibility index (Phi) is 18.7. The Bertz CT molecular complexity index is 453. The Morgan fingerprint density at radius 1 is 0.857 bits per heavy atom. The van der Waals surface area contributed by atoms with E-state index in [4.69, 9.17) is 4.74 Å². The van der Waals surface area contributed by atoms with E-state index in [0.29, 0.717) is 25.7 Å². The van der Waals surface area contributed by atoms with Crippen molar-refractivity contribution < 1.29 is 14.3 Å². The van der Waals surface area contributed by atoms with Crippen LogP contribution in [0.1, 0.15) is 84.5 Å². The van der Waals surface area contributed by atoms with Gasteiger partial charge in [-0.05, 0) is 64.5 Å². The lowest BCUT2D eigenvalue weighted by Gasteiger charge is -2.18. The second kappa shape index (κ2) is 19.3. The number of unbranched alkanes of at least 4 members (excludes halogenated alkanes) is 5. The topological polar surface area (TPSA) is 46.5 Å². The van der Waals surface area contributed by atoms with E-state index in [9.17, 15) is 9.59 Å². The SMILES string of the molecule is CC/C=C\C/C=C\C/C=C\CCCCCCCC(=O)[Si](C)(O)CCCOCC. The summed E-state index contributed by atoms with van der Waals surface area (Å²) < 4.78 is 5.29. The maximum Gasteiger partial charge on any atom is 0.258 e. The molecule has 0 heterocycles. The van der Waals surface area contributed by atoms with Crippen molar-refractivity contribution in [2.45, 2.75) is 97.1 Å². The number of ether oxygens (including phenoxy) is 1. The fourth-order valence-corrected chi connectivity index (χ4v) is 4.80. The molecule has 28 heavy (non-hydrogen) atoms. The van der Waals surface area contributed by atoms with E-state index >= 15 is 0 Å². The third kappa shape index (κ3) is 17.1. The van der Waals surface area contributed by atoms with Gasteiger partial charge in [-0.3, -0.25) is 0 Å². The highest BCUT2D eigenvalue weighted by Crippen LogP contribution is 2.15. The fourth-order valence-electron chi connectivity index (χ4n) is 2.98. The molecule has 0 saturated heterocycles. The molecule has 0 aromatic rings. The lowest BCUT2D eigenvalue weighted by molar-refractivity contribution is -0.113. The van der Waals surface area contributed by atoms with Gasteiger partial charge in [0.15, 0.2) is 0 Å². The van der Waals surface area contributed by atoms with E-state index < -0.39 is 8.32 Å². The molecular weight excluding hydrogens is 364 g/mol. The van der Waals surface area contributed by atoms with Crippen LogP contribution in [0.4, 0.5) is 0 Å². The molecule has 0 aliphatic carbocycles. The first-order valence-electron chi connectivity index (χ1n) is 11.3. The largest absolute Gasteiger partial charge is 0.425 e.